The average Bonchev–Trinajstić information content (AvgIpc) is 2.75. The predicted octanol–water partition coefficient (Wildman–Crippen LogP) is 1.40. The van der Waals surface area contributed by atoms with Gasteiger partial charge in [-0.3, -0.25) is 4.31 Å². The van der Waals surface area contributed by atoms with E-state index in [9.17, 15) is 4.21 Å². The zero-order valence-corrected chi connectivity index (χ0v) is 11.4. The summed E-state index contributed by atoms with van der Waals surface area (Å²) in [6, 6.07) is 5.62. The molecule has 1 heterocycles. The summed E-state index contributed by atoms with van der Waals surface area (Å²) >= 11 is 0. The first kappa shape index (κ1) is 12.6. The van der Waals surface area contributed by atoms with E-state index in [2.05, 4.69) is 4.98 Å². The van der Waals surface area contributed by atoms with Crippen LogP contribution in [0.1, 0.15) is 0 Å². The predicted molar refractivity (Wildman–Crippen MR) is 75.5 cm³/mol. The molecule has 2 N–H and O–H groups in total. The fourth-order valence-electron chi connectivity index (χ4n) is 1.68. The van der Waals surface area contributed by atoms with Gasteiger partial charge in [0.2, 0.25) is 0 Å². The van der Waals surface area contributed by atoms with Gasteiger partial charge in [0.1, 0.15) is 11.0 Å². The summed E-state index contributed by atoms with van der Waals surface area (Å²) in [6.45, 7) is 0. The van der Waals surface area contributed by atoms with Crippen molar-refractivity contribution in [1.29, 1.82) is 0 Å². The van der Waals surface area contributed by atoms with Gasteiger partial charge in [-0.2, -0.15) is 0 Å². The molecule has 0 saturated heterocycles. The molecule has 1 unspecified atom stereocenters. The van der Waals surface area contributed by atoms with Gasteiger partial charge < -0.3 is 10.3 Å². The lowest BCUT2D eigenvalue weighted by atomic mass is 10.1. The van der Waals surface area contributed by atoms with Gasteiger partial charge in [-0.25, -0.2) is 9.19 Å². The third kappa shape index (κ3) is 2.38. The molecule has 1 aromatic heterocycles. The molecule has 0 bridgehead atoms. The highest BCUT2D eigenvalue weighted by molar-refractivity contribution is 7.85. The second kappa shape index (κ2) is 4.81. The maximum absolute atomic E-state index is 11.5. The molecule has 0 aliphatic carbocycles. The Balaban J connectivity index is 2.46. The van der Waals surface area contributed by atoms with Crippen LogP contribution in [0.3, 0.4) is 0 Å². The summed E-state index contributed by atoms with van der Waals surface area (Å²) in [7, 11) is 2.57. The van der Waals surface area contributed by atoms with E-state index < -0.39 is 11.0 Å². The molecule has 18 heavy (non-hydrogen) atoms. The van der Waals surface area contributed by atoms with Crippen molar-refractivity contribution in [2.75, 3.05) is 23.3 Å². The van der Waals surface area contributed by atoms with Gasteiger partial charge in [0.15, 0.2) is 0 Å². The van der Waals surface area contributed by atoms with Crippen molar-refractivity contribution < 1.29 is 4.21 Å². The van der Waals surface area contributed by atoms with Crippen molar-refractivity contribution in [3.63, 3.8) is 0 Å². The monoisotopic (exact) mass is 264 g/mol. The van der Waals surface area contributed by atoms with Crippen molar-refractivity contribution >= 4 is 22.4 Å². The summed E-state index contributed by atoms with van der Waals surface area (Å²) in [5.74, 6) is 0. The summed E-state index contributed by atoms with van der Waals surface area (Å²) in [6.07, 6.45) is 5.29. The second-order valence-corrected chi connectivity index (χ2v) is 5.51. The maximum Gasteiger partial charge on any atom is 0.116 e. The number of hydrogen-bond acceptors (Lipinski definition) is 3. The van der Waals surface area contributed by atoms with Crippen molar-refractivity contribution in [2.24, 2.45) is 7.05 Å². The third-order valence-corrected chi connectivity index (χ3v) is 3.72. The zero-order valence-electron chi connectivity index (χ0n) is 10.6. The third-order valence-electron chi connectivity index (χ3n) is 2.76. The SMILES string of the molecule is CN(c1cc(-c2cn(C)cn2)ccc1N)S(C)=O. The van der Waals surface area contributed by atoms with Crippen LogP contribution in [-0.2, 0) is 18.0 Å². The Hall–Kier alpha value is -1.82. The topological polar surface area (TPSA) is 64.2 Å². The highest BCUT2D eigenvalue weighted by atomic mass is 32.2. The molecule has 0 aliphatic rings. The molecule has 2 rings (SSSR count). The molecule has 6 heteroatoms. The Labute approximate surface area is 109 Å². The Bertz CT molecular complexity index is 594. The summed E-state index contributed by atoms with van der Waals surface area (Å²) < 4.78 is 15.0. The molecule has 0 radical (unpaired) electrons. The smallest absolute Gasteiger partial charge is 0.116 e. The molecule has 0 amide bonds. The standard InChI is InChI=1S/C12H16N4OS/c1-15-7-11(14-8-15)9-4-5-10(13)12(6-9)16(2)18(3)17/h4-8H,13H2,1-3H3. The lowest BCUT2D eigenvalue weighted by Gasteiger charge is -2.18. The van der Waals surface area contributed by atoms with Gasteiger partial charge in [-0.05, 0) is 12.1 Å². The Morgan fingerprint density at radius 1 is 1.44 bits per heavy atom. The van der Waals surface area contributed by atoms with Crippen LogP contribution in [0.5, 0.6) is 0 Å². The normalized spacial score (nSPS) is 12.4. The van der Waals surface area contributed by atoms with E-state index in [4.69, 9.17) is 5.73 Å². The minimum absolute atomic E-state index is 0.604. The fraction of sp³-hybridized carbons (Fsp3) is 0.250. The van der Waals surface area contributed by atoms with Crippen molar-refractivity contribution in [2.45, 2.75) is 0 Å². The van der Waals surface area contributed by atoms with Crippen LogP contribution < -0.4 is 10.0 Å². The molecule has 0 fully saturated rings. The highest BCUT2D eigenvalue weighted by Gasteiger charge is 2.11. The van der Waals surface area contributed by atoms with Gasteiger partial charge in [0, 0.05) is 32.1 Å². The first-order valence-corrected chi connectivity index (χ1v) is 6.95. The lowest BCUT2D eigenvalue weighted by Crippen LogP contribution is -2.19. The van der Waals surface area contributed by atoms with E-state index in [0.717, 1.165) is 16.9 Å². The van der Waals surface area contributed by atoms with Gasteiger partial charge in [-0.1, -0.05) is 6.07 Å². The van der Waals surface area contributed by atoms with Crippen LogP contribution in [0, 0.1) is 0 Å². The largest absolute Gasteiger partial charge is 0.397 e. The quantitative estimate of drug-likeness (QED) is 0.852. The molecule has 96 valence electrons. The number of nitrogen functional groups attached to an aromatic ring is 1. The molecule has 1 atom stereocenters. The van der Waals surface area contributed by atoms with Crippen LogP contribution in [0.2, 0.25) is 0 Å². The number of benzene rings is 1. The molecule has 0 spiro atoms. The zero-order chi connectivity index (χ0) is 13.3. The minimum atomic E-state index is -1.10. The Morgan fingerprint density at radius 2 is 2.17 bits per heavy atom. The number of aryl methyl sites for hydroxylation is 1. The number of anilines is 2. The van der Waals surface area contributed by atoms with E-state index in [-0.39, 0.29) is 0 Å². The molecular weight excluding hydrogens is 248 g/mol. The Kier molecular flexibility index (Phi) is 3.38. The fourth-order valence-corrected chi connectivity index (χ4v) is 2.11. The van der Waals surface area contributed by atoms with Gasteiger partial charge in [0.25, 0.3) is 0 Å². The molecule has 2 aromatic rings. The van der Waals surface area contributed by atoms with Crippen LogP contribution in [0.25, 0.3) is 11.3 Å². The number of aromatic nitrogens is 2. The summed E-state index contributed by atoms with van der Waals surface area (Å²) in [5, 5.41) is 0. The van der Waals surface area contributed by atoms with Gasteiger partial charge >= 0.3 is 0 Å². The van der Waals surface area contributed by atoms with Crippen molar-refractivity contribution in [3.05, 3.63) is 30.7 Å². The first-order valence-electron chi connectivity index (χ1n) is 5.44. The maximum atomic E-state index is 11.5. The minimum Gasteiger partial charge on any atom is -0.397 e. The Morgan fingerprint density at radius 3 is 2.72 bits per heavy atom. The van der Waals surface area contributed by atoms with E-state index in [1.165, 1.54) is 0 Å². The lowest BCUT2D eigenvalue weighted by molar-refractivity contribution is 0.685. The molecule has 5 nitrogen and oxygen atoms in total. The molecule has 0 aliphatic heterocycles. The number of nitrogens with zero attached hydrogens (tertiary/aromatic N) is 3. The number of hydrogen-bond donors (Lipinski definition) is 1. The van der Waals surface area contributed by atoms with Crippen LogP contribution >= 0.6 is 0 Å². The van der Waals surface area contributed by atoms with Crippen LogP contribution in [-0.4, -0.2) is 27.1 Å². The summed E-state index contributed by atoms with van der Waals surface area (Å²) in [5.41, 5.74) is 9.09. The van der Waals surface area contributed by atoms with Crippen molar-refractivity contribution in [3.8, 4) is 11.3 Å². The van der Waals surface area contributed by atoms with E-state index in [1.54, 1.807) is 23.9 Å². The van der Waals surface area contributed by atoms with E-state index in [0.29, 0.717) is 5.69 Å². The second-order valence-electron chi connectivity index (χ2n) is 4.12. The van der Waals surface area contributed by atoms with E-state index in [1.807, 2.05) is 36.0 Å². The number of nitrogens with two attached hydrogens (primary N) is 1. The summed E-state index contributed by atoms with van der Waals surface area (Å²) in [4.78, 5) is 4.29. The average molecular weight is 264 g/mol. The van der Waals surface area contributed by atoms with Crippen molar-refractivity contribution in [1.82, 2.24) is 9.55 Å². The molecule has 1 aromatic carbocycles. The van der Waals surface area contributed by atoms with Crippen LogP contribution in [0.15, 0.2) is 30.7 Å². The van der Waals surface area contributed by atoms with Crippen LogP contribution in [0.4, 0.5) is 11.4 Å². The van der Waals surface area contributed by atoms with Gasteiger partial charge in [-0.15, -0.1) is 0 Å². The number of imidazole rings is 1. The van der Waals surface area contributed by atoms with E-state index >= 15 is 0 Å². The van der Waals surface area contributed by atoms with Gasteiger partial charge in [0.05, 0.1) is 23.4 Å². The first-order chi connectivity index (χ1) is 8.49. The number of rotatable bonds is 3. The molecule has 0 saturated carbocycles. The highest BCUT2D eigenvalue weighted by Crippen LogP contribution is 2.29. The molecular formula is C12H16N4OS.